The van der Waals surface area contributed by atoms with Gasteiger partial charge in [0.2, 0.25) is 11.8 Å². The third-order valence-corrected chi connectivity index (χ3v) is 6.22. The van der Waals surface area contributed by atoms with E-state index in [9.17, 15) is 14.4 Å². The molecule has 0 radical (unpaired) electrons. The lowest BCUT2D eigenvalue weighted by Crippen LogP contribution is -2.40. The first-order valence-electron chi connectivity index (χ1n) is 10.6. The number of benzene rings is 3. The van der Waals surface area contributed by atoms with Gasteiger partial charge in [-0.15, -0.1) is 0 Å². The SMILES string of the molecule is CCc1ccc(N2C(=O)C3ON(CC(N)=O)C(c4ccc5ccccc5c4)C3C2=O)cc1. The number of amides is 3. The average molecular weight is 429 g/mol. The molecule has 3 aromatic rings. The van der Waals surface area contributed by atoms with Crippen molar-refractivity contribution < 1.29 is 19.2 Å². The number of carbonyl (C=O) groups excluding carboxylic acids is 3. The molecule has 32 heavy (non-hydrogen) atoms. The number of nitrogens with zero attached hydrogens (tertiary/aromatic N) is 2. The quantitative estimate of drug-likeness (QED) is 0.630. The number of nitrogens with two attached hydrogens (primary N) is 1. The van der Waals surface area contributed by atoms with Gasteiger partial charge in [0.1, 0.15) is 6.54 Å². The van der Waals surface area contributed by atoms with Crippen molar-refractivity contribution in [3.8, 4) is 0 Å². The molecule has 2 heterocycles. The van der Waals surface area contributed by atoms with Crippen LogP contribution in [0, 0.1) is 5.92 Å². The highest BCUT2D eigenvalue weighted by Crippen LogP contribution is 2.46. The molecule has 7 nitrogen and oxygen atoms in total. The third-order valence-electron chi connectivity index (χ3n) is 6.22. The number of imide groups is 1. The molecule has 3 unspecified atom stereocenters. The topological polar surface area (TPSA) is 92.9 Å². The normalized spacial score (nSPS) is 23.2. The predicted octanol–water partition coefficient (Wildman–Crippen LogP) is 2.73. The summed E-state index contributed by atoms with van der Waals surface area (Å²) in [6.07, 6.45) is -0.132. The van der Waals surface area contributed by atoms with Crippen LogP contribution in [0.1, 0.15) is 24.1 Å². The summed E-state index contributed by atoms with van der Waals surface area (Å²) in [5, 5.41) is 3.44. The van der Waals surface area contributed by atoms with Gasteiger partial charge in [-0.3, -0.25) is 19.2 Å². The van der Waals surface area contributed by atoms with Crippen molar-refractivity contribution in [2.24, 2.45) is 11.7 Å². The summed E-state index contributed by atoms with van der Waals surface area (Å²) < 4.78 is 0. The molecule has 2 saturated heterocycles. The Hall–Kier alpha value is -3.55. The van der Waals surface area contributed by atoms with Gasteiger partial charge in [0.25, 0.3) is 5.91 Å². The maximum atomic E-state index is 13.5. The van der Waals surface area contributed by atoms with E-state index in [1.54, 1.807) is 12.1 Å². The molecule has 2 aliphatic rings. The highest BCUT2D eigenvalue weighted by Gasteiger charge is 2.60. The zero-order valence-electron chi connectivity index (χ0n) is 17.6. The Kier molecular flexibility index (Phi) is 5.00. The molecule has 162 valence electrons. The number of anilines is 1. The number of fused-ring (bicyclic) bond motifs is 2. The standard InChI is InChI=1S/C25H23N3O4/c1-2-15-7-11-19(12-8-15)28-24(30)21-22(27(14-20(26)29)32-23(21)25(28)31)18-10-9-16-5-3-4-6-17(16)13-18/h3-13,21-23H,2,14H2,1H3,(H2,26,29). The Morgan fingerprint density at radius 1 is 0.969 bits per heavy atom. The number of rotatable bonds is 5. The summed E-state index contributed by atoms with van der Waals surface area (Å²) in [6, 6.07) is 20.5. The van der Waals surface area contributed by atoms with Crippen LogP contribution in [-0.2, 0) is 25.6 Å². The molecule has 0 bridgehead atoms. The first-order chi connectivity index (χ1) is 15.5. The van der Waals surface area contributed by atoms with E-state index in [2.05, 4.69) is 0 Å². The van der Waals surface area contributed by atoms with Crippen molar-refractivity contribution >= 4 is 34.2 Å². The predicted molar refractivity (Wildman–Crippen MR) is 119 cm³/mol. The van der Waals surface area contributed by atoms with Crippen molar-refractivity contribution in [3.63, 3.8) is 0 Å². The van der Waals surface area contributed by atoms with Crippen molar-refractivity contribution in [3.05, 3.63) is 77.9 Å². The fraction of sp³-hybridized carbons (Fsp3) is 0.240. The minimum Gasteiger partial charge on any atom is -0.368 e. The van der Waals surface area contributed by atoms with Crippen molar-refractivity contribution in [1.29, 1.82) is 0 Å². The number of primary amides is 1. The van der Waals surface area contributed by atoms with Gasteiger partial charge < -0.3 is 5.73 Å². The summed E-state index contributed by atoms with van der Waals surface area (Å²) in [6.45, 7) is 1.83. The van der Waals surface area contributed by atoms with E-state index in [1.165, 1.54) is 9.96 Å². The maximum Gasteiger partial charge on any atom is 0.265 e. The lowest BCUT2D eigenvalue weighted by atomic mass is 9.89. The summed E-state index contributed by atoms with van der Waals surface area (Å²) in [7, 11) is 0. The van der Waals surface area contributed by atoms with Crippen LogP contribution in [0.2, 0.25) is 0 Å². The Morgan fingerprint density at radius 2 is 1.69 bits per heavy atom. The van der Waals surface area contributed by atoms with E-state index in [1.807, 2.05) is 61.5 Å². The third kappa shape index (κ3) is 3.26. The molecule has 2 N–H and O–H groups in total. The second-order valence-corrected chi connectivity index (χ2v) is 8.18. The number of hydrogen-bond acceptors (Lipinski definition) is 5. The lowest BCUT2D eigenvalue weighted by Gasteiger charge is -2.26. The van der Waals surface area contributed by atoms with Crippen LogP contribution >= 0.6 is 0 Å². The summed E-state index contributed by atoms with van der Waals surface area (Å²) in [5.41, 5.74) is 7.86. The summed E-state index contributed by atoms with van der Waals surface area (Å²) >= 11 is 0. The van der Waals surface area contributed by atoms with Crippen molar-refractivity contribution in [2.75, 3.05) is 11.4 Å². The first-order valence-corrected chi connectivity index (χ1v) is 10.6. The number of aryl methyl sites for hydroxylation is 1. The van der Waals surface area contributed by atoms with E-state index in [0.717, 1.165) is 28.3 Å². The van der Waals surface area contributed by atoms with Gasteiger partial charge in [-0.25, -0.2) is 4.90 Å². The second kappa shape index (κ2) is 7.85. The van der Waals surface area contributed by atoms with Gasteiger partial charge in [-0.1, -0.05) is 55.5 Å². The lowest BCUT2D eigenvalue weighted by molar-refractivity contribution is -0.175. The second-order valence-electron chi connectivity index (χ2n) is 8.18. The van der Waals surface area contributed by atoms with E-state index in [0.29, 0.717) is 5.69 Å². The fourth-order valence-corrected chi connectivity index (χ4v) is 4.66. The summed E-state index contributed by atoms with van der Waals surface area (Å²) in [4.78, 5) is 45.5. The van der Waals surface area contributed by atoms with Crippen LogP contribution < -0.4 is 10.6 Å². The number of hydroxylamine groups is 2. The molecule has 2 fully saturated rings. The van der Waals surface area contributed by atoms with Gasteiger partial charge in [-0.05, 0) is 46.5 Å². The molecule has 0 spiro atoms. The smallest absolute Gasteiger partial charge is 0.265 e. The van der Waals surface area contributed by atoms with Gasteiger partial charge in [0, 0.05) is 0 Å². The van der Waals surface area contributed by atoms with E-state index < -0.39 is 29.9 Å². The van der Waals surface area contributed by atoms with Gasteiger partial charge in [0.05, 0.1) is 17.6 Å². The van der Waals surface area contributed by atoms with Crippen LogP contribution in [0.3, 0.4) is 0 Å². The van der Waals surface area contributed by atoms with Crippen LogP contribution in [-0.4, -0.2) is 35.4 Å². The molecule has 3 atom stereocenters. The Balaban J connectivity index is 1.55. The molecule has 3 aromatic carbocycles. The number of hydrogen-bond donors (Lipinski definition) is 1. The molecule has 0 saturated carbocycles. The molecule has 5 rings (SSSR count). The average Bonchev–Trinajstić information content (AvgIpc) is 3.28. The molecule has 2 aliphatic heterocycles. The van der Waals surface area contributed by atoms with Crippen LogP contribution in [0.4, 0.5) is 5.69 Å². The Morgan fingerprint density at radius 3 is 2.38 bits per heavy atom. The summed E-state index contributed by atoms with van der Waals surface area (Å²) in [5.74, 6) is -2.13. The van der Waals surface area contributed by atoms with Gasteiger partial charge >= 0.3 is 0 Å². The molecular weight excluding hydrogens is 406 g/mol. The largest absolute Gasteiger partial charge is 0.368 e. The van der Waals surface area contributed by atoms with E-state index in [-0.39, 0.29) is 12.5 Å². The van der Waals surface area contributed by atoms with Crippen LogP contribution in [0.25, 0.3) is 10.8 Å². The molecule has 7 heteroatoms. The minimum atomic E-state index is -0.996. The highest BCUT2D eigenvalue weighted by molar-refractivity contribution is 6.23. The van der Waals surface area contributed by atoms with E-state index in [4.69, 9.17) is 10.6 Å². The number of carbonyl (C=O) groups is 3. The molecule has 0 aromatic heterocycles. The fourth-order valence-electron chi connectivity index (χ4n) is 4.66. The first kappa shape index (κ1) is 20.4. The van der Waals surface area contributed by atoms with Gasteiger partial charge in [0.15, 0.2) is 6.10 Å². The zero-order chi connectivity index (χ0) is 22.4. The molecule has 0 aliphatic carbocycles. The highest BCUT2D eigenvalue weighted by atomic mass is 16.7. The molecule has 3 amide bonds. The van der Waals surface area contributed by atoms with Crippen molar-refractivity contribution in [2.45, 2.75) is 25.5 Å². The Labute approximate surface area is 185 Å². The minimum absolute atomic E-state index is 0.212. The maximum absolute atomic E-state index is 13.5. The van der Waals surface area contributed by atoms with E-state index >= 15 is 0 Å². The zero-order valence-corrected chi connectivity index (χ0v) is 17.6. The molecular formula is C25H23N3O4. The van der Waals surface area contributed by atoms with Crippen LogP contribution in [0.5, 0.6) is 0 Å². The monoisotopic (exact) mass is 429 g/mol. The van der Waals surface area contributed by atoms with Gasteiger partial charge in [-0.2, -0.15) is 5.06 Å². The van der Waals surface area contributed by atoms with Crippen molar-refractivity contribution in [1.82, 2.24) is 5.06 Å². The Bertz CT molecular complexity index is 1220. The van der Waals surface area contributed by atoms with Crippen LogP contribution in [0.15, 0.2) is 66.7 Å².